The monoisotopic (exact) mass is 481 g/mol. The fourth-order valence-electron chi connectivity index (χ4n) is 3.61. The third-order valence-electron chi connectivity index (χ3n) is 5.27. The zero-order valence-corrected chi connectivity index (χ0v) is 19.4. The number of thiophene rings is 1. The van der Waals surface area contributed by atoms with E-state index in [2.05, 4.69) is 15.6 Å². The second kappa shape index (κ2) is 11.0. The van der Waals surface area contributed by atoms with Crippen LogP contribution in [0, 0.1) is 5.82 Å². The third kappa shape index (κ3) is 5.46. The number of benzene rings is 2. The number of nitrogens with zero attached hydrogens (tertiary/aromatic N) is 4. The molecule has 2 aromatic heterocycles. The van der Waals surface area contributed by atoms with E-state index in [0.717, 1.165) is 5.52 Å². The van der Waals surface area contributed by atoms with Crippen molar-refractivity contribution in [2.24, 2.45) is 0 Å². The number of amides is 2. The molecule has 4 rings (SSSR count). The lowest BCUT2D eigenvalue weighted by atomic mass is 10.1. The van der Waals surface area contributed by atoms with Crippen molar-refractivity contribution in [3.8, 4) is 0 Å². The quantitative estimate of drug-likeness (QED) is 0.352. The van der Waals surface area contributed by atoms with E-state index in [0.29, 0.717) is 29.1 Å². The summed E-state index contributed by atoms with van der Waals surface area (Å²) in [7, 11) is 1.55. The highest BCUT2D eigenvalue weighted by atomic mass is 32.1. The van der Waals surface area contributed by atoms with Gasteiger partial charge in [-0.3, -0.25) is 9.59 Å². The summed E-state index contributed by atoms with van der Waals surface area (Å²) in [6, 6.07) is 16.0. The minimum Gasteiger partial charge on any atom is -0.383 e. The van der Waals surface area contributed by atoms with Gasteiger partial charge in [-0.2, -0.15) is 0 Å². The molecule has 176 valence electrons. The zero-order chi connectivity index (χ0) is 23.9. The summed E-state index contributed by atoms with van der Waals surface area (Å²) in [5.74, 6) is -1.01. The van der Waals surface area contributed by atoms with Crippen molar-refractivity contribution in [2.75, 3.05) is 20.3 Å². The minimum absolute atomic E-state index is 0.102. The van der Waals surface area contributed by atoms with Crippen molar-refractivity contribution < 1.29 is 18.7 Å². The summed E-state index contributed by atoms with van der Waals surface area (Å²) in [6.45, 7) is 0.671. The molecule has 0 saturated heterocycles. The number of nitrogens with one attached hydrogen (secondary N) is 1. The van der Waals surface area contributed by atoms with Gasteiger partial charge in [0.05, 0.1) is 12.1 Å². The molecular weight excluding hydrogens is 457 g/mol. The topological polar surface area (TPSA) is 89.4 Å². The molecule has 8 nitrogen and oxygen atoms in total. The number of carbonyl (C=O) groups is 2. The van der Waals surface area contributed by atoms with Crippen LogP contribution in [0.3, 0.4) is 0 Å². The summed E-state index contributed by atoms with van der Waals surface area (Å²) in [5, 5.41) is 12.9. The molecule has 0 radical (unpaired) electrons. The van der Waals surface area contributed by atoms with Crippen LogP contribution >= 0.6 is 11.3 Å². The Morgan fingerprint density at radius 1 is 1.15 bits per heavy atom. The third-order valence-corrected chi connectivity index (χ3v) is 6.19. The molecule has 2 heterocycles. The van der Waals surface area contributed by atoms with Crippen LogP contribution in [0.2, 0.25) is 0 Å². The largest absolute Gasteiger partial charge is 0.383 e. The number of aromatic nitrogens is 3. The van der Waals surface area contributed by atoms with E-state index < -0.39 is 6.04 Å². The molecule has 1 N–H and O–H groups in total. The Hall–Kier alpha value is -3.63. The molecule has 10 heteroatoms. The summed E-state index contributed by atoms with van der Waals surface area (Å²) >= 11 is 1.39. The predicted octanol–water partition coefficient (Wildman–Crippen LogP) is 3.16. The van der Waals surface area contributed by atoms with E-state index >= 15 is 0 Å². The Morgan fingerprint density at radius 3 is 2.68 bits per heavy atom. The van der Waals surface area contributed by atoms with Crippen LogP contribution in [0.25, 0.3) is 11.0 Å². The summed E-state index contributed by atoms with van der Waals surface area (Å²) in [6.07, 6.45) is 0. The highest BCUT2D eigenvalue weighted by Gasteiger charge is 2.32. The van der Waals surface area contributed by atoms with Crippen molar-refractivity contribution in [3.63, 3.8) is 0 Å². The maximum absolute atomic E-state index is 13.7. The number of rotatable bonds is 10. The molecular formula is C24H24FN5O3S. The molecule has 0 unspecified atom stereocenters. The Bertz CT molecular complexity index is 1240. The predicted molar refractivity (Wildman–Crippen MR) is 126 cm³/mol. The Kier molecular flexibility index (Phi) is 7.61. The number of hydrogen-bond acceptors (Lipinski definition) is 6. The van der Waals surface area contributed by atoms with E-state index in [9.17, 15) is 14.0 Å². The first kappa shape index (κ1) is 23.5. The molecule has 2 amide bonds. The number of para-hydroxylation sites is 1. The smallest absolute Gasteiger partial charge is 0.248 e. The number of ether oxygens (including phenoxy) is 1. The minimum atomic E-state index is -0.871. The van der Waals surface area contributed by atoms with Gasteiger partial charge in [-0.1, -0.05) is 35.5 Å². The lowest BCUT2D eigenvalue weighted by Crippen LogP contribution is -2.45. The molecule has 1 atom stereocenters. The molecule has 0 saturated carbocycles. The lowest BCUT2D eigenvalue weighted by Gasteiger charge is -2.30. The molecule has 0 aliphatic rings. The van der Waals surface area contributed by atoms with Gasteiger partial charge in [0.1, 0.15) is 23.9 Å². The number of fused-ring (bicyclic) bond motifs is 1. The standard InChI is InChI=1S/C24H24FN5O3S/c1-33-13-12-26-24(32)23(21-7-4-14-34-21)29(15-17-8-10-18(25)11-9-17)22(31)16-30-20-6-3-2-5-19(20)27-28-30/h2-11,14,23H,12-13,15-16H2,1H3,(H,26,32)/t23-/m0/s1. The Labute approximate surface area is 199 Å². The van der Waals surface area contributed by atoms with Gasteiger partial charge in [-0.15, -0.1) is 16.4 Å². The molecule has 4 aromatic rings. The Balaban J connectivity index is 1.68. The highest BCUT2D eigenvalue weighted by Crippen LogP contribution is 2.28. The number of halogens is 1. The van der Waals surface area contributed by atoms with E-state index in [1.807, 2.05) is 41.8 Å². The first-order valence-corrected chi connectivity index (χ1v) is 11.6. The second-order valence-corrected chi connectivity index (χ2v) is 8.56. The van der Waals surface area contributed by atoms with Gasteiger partial charge >= 0.3 is 0 Å². The van der Waals surface area contributed by atoms with Crippen LogP contribution in [0.4, 0.5) is 4.39 Å². The average molecular weight is 482 g/mol. The van der Waals surface area contributed by atoms with Crippen molar-refractivity contribution in [1.82, 2.24) is 25.2 Å². The van der Waals surface area contributed by atoms with Gasteiger partial charge in [-0.05, 0) is 41.3 Å². The van der Waals surface area contributed by atoms with E-state index in [4.69, 9.17) is 4.74 Å². The van der Waals surface area contributed by atoms with Gasteiger partial charge in [0, 0.05) is 25.1 Å². The number of hydrogen-bond donors (Lipinski definition) is 1. The maximum Gasteiger partial charge on any atom is 0.248 e. The first-order valence-electron chi connectivity index (χ1n) is 10.7. The fraction of sp³-hybridized carbons (Fsp3) is 0.250. The van der Waals surface area contributed by atoms with E-state index in [-0.39, 0.29) is 30.7 Å². The molecule has 34 heavy (non-hydrogen) atoms. The van der Waals surface area contributed by atoms with Crippen LogP contribution in [0.15, 0.2) is 66.0 Å². The van der Waals surface area contributed by atoms with Gasteiger partial charge in [0.2, 0.25) is 11.8 Å². The fourth-order valence-corrected chi connectivity index (χ4v) is 4.44. The highest BCUT2D eigenvalue weighted by molar-refractivity contribution is 7.10. The van der Waals surface area contributed by atoms with Gasteiger partial charge < -0.3 is 15.0 Å². The molecule has 2 aromatic carbocycles. The summed E-state index contributed by atoms with van der Waals surface area (Å²) in [4.78, 5) is 29.1. The van der Waals surface area contributed by atoms with Crippen molar-refractivity contribution in [1.29, 1.82) is 0 Å². The van der Waals surface area contributed by atoms with Crippen LogP contribution < -0.4 is 5.32 Å². The summed E-state index contributed by atoms with van der Waals surface area (Å²) < 4.78 is 20.1. The van der Waals surface area contributed by atoms with Crippen molar-refractivity contribution >= 4 is 34.2 Å². The maximum atomic E-state index is 13.7. The lowest BCUT2D eigenvalue weighted by molar-refractivity contribution is -0.142. The van der Waals surface area contributed by atoms with Crippen molar-refractivity contribution in [2.45, 2.75) is 19.1 Å². The van der Waals surface area contributed by atoms with Crippen LogP contribution in [0.1, 0.15) is 16.5 Å². The Morgan fingerprint density at radius 2 is 1.94 bits per heavy atom. The van der Waals surface area contributed by atoms with E-state index in [1.165, 1.54) is 33.1 Å². The van der Waals surface area contributed by atoms with Gasteiger partial charge in [-0.25, -0.2) is 9.07 Å². The molecule has 0 fully saturated rings. The first-order chi connectivity index (χ1) is 16.6. The van der Waals surface area contributed by atoms with Crippen molar-refractivity contribution in [3.05, 3.63) is 82.3 Å². The van der Waals surface area contributed by atoms with Crippen LogP contribution in [-0.2, 0) is 27.4 Å². The average Bonchev–Trinajstić information content (AvgIpc) is 3.51. The molecule has 0 aliphatic carbocycles. The zero-order valence-electron chi connectivity index (χ0n) is 18.6. The SMILES string of the molecule is COCCNC(=O)[C@H](c1cccs1)N(Cc1ccc(F)cc1)C(=O)Cn1nnc2ccccc21. The van der Waals surface area contributed by atoms with Crippen LogP contribution in [-0.4, -0.2) is 52.0 Å². The van der Waals surface area contributed by atoms with Crippen LogP contribution in [0.5, 0.6) is 0 Å². The molecule has 0 bridgehead atoms. The van der Waals surface area contributed by atoms with E-state index in [1.54, 1.807) is 19.2 Å². The summed E-state index contributed by atoms with van der Waals surface area (Å²) in [5.41, 5.74) is 2.09. The normalized spacial score (nSPS) is 11.9. The molecule has 0 aliphatic heterocycles. The second-order valence-electron chi connectivity index (χ2n) is 7.59. The van der Waals surface area contributed by atoms with Gasteiger partial charge in [0.25, 0.3) is 0 Å². The van der Waals surface area contributed by atoms with Gasteiger partial charge in [0.15, 0.2) is 0 Å². The number of carbonyl (C=O) groups excluding carboxylic acids is 2. The number of methoxy groups -OCH3 is 1. The molecule has 0 spiro atoms.